The number of nitrogens with one attached hydrogen (secondary N) is 8. The molecule has 8 N–H and O–H groups in total. The number of anilines is 2. The van der Waals surface area contributed by atoms with Crippen molar-refractivity contribution < 1.29 is 62.1 Å². The number of rotatable bonds is 18. The van der Waals surface area contributed by atoms with E-state index in [0.29, 0.717) is 207 Å². The third kappa shape index (κ3) is 23.9. The number of carbonyl (C=O) groups is 9. The molecule has 18 rings (SSSR count). The highest BCUT2D eigenvalue weighted by molar-refractivity contribution is 6.24. The SMILES string of the molecule is C=C1CCC(N2C(=O)c3cccc(OC(C)C)c3C2=O)C(=O)N1.C=C1CCC(n2c(C)nc3cccc(NC(C)C)c3c2=O)C(=O)N1.C=C1CCC(n2c(C)nc3cccc(NC(C)C)c3c2=O)C(=O)N1.C=C1CCC(n2c(C)nc3cccc(OC(C)C)c3c2=O)C(=O)N1.C=C1CCC(n2c(C)nc3cccc(OC(C)C)c3c2=O)C(=O)N1.C=C1CC[C@@H](N2Cc3c(OC(C)C)cccc3C2=O)C(=O)N1.CC. The minimum Gasteiger partial charge on any atom is -0.491 e. The number of hydrogen-bond donors (Lipinski definition) is 8. The lowest BCUT2D eigenvalue weighted by molar-refractivity contribution is -0.126. The molecular weight excluding hydrogens is 1820 g/mol. The number of amides is 9. The van der Waals surface area contributed by atoms with Gasteiger partial charge in [-0.05, 0) is 261 Å². The second-order valence-corrected chi connectivity index (χ2v) is 37.6. The van der Waals surface area contributed by atoms with E-state index in [-0.39, 0.29) is 111 Å². The fourth-order valence-electron chi connectivity index (χ4n) is 18.3. The van der Waals surface area contributed by atoms with Gasteiger partial charge in [-0.2, -0.15) is 0 Å². The summed E-state index contributed by atoms with van der Waals surface area (Å²) in [5, 5.41) is 24.7. The van der Waals surface area contributed by atoms with E-state index in [1.807, 2.05) is 158 Å². The fourth-order valence-corrected chi connectivity index (χ4v) is 18.3. The highest BCUT2D eigenvalue weighted by Gasteiger charge is 2.47. The van der Waals surface area contributed by atoms with Gasteiger partial charge < -0.3 is 66.4 Å². The number of benzene rings is 6. The summed E-state index contributed by atoms with van der Waals surface area (Å²) in [5.74, 6) is 1.81. The first-order valence-corrected chi connectivity index (χ1v) is 48.5. The van der Waals surface area contributed by atoms with Crippen molar-refractivity contribution in [2.75, 3.05) is 10.6 Å². The van der Waals surface area contributed by atoms with Gasteiger partial charge in [-0.25, -0.2) is 19.9 Å². The normalized spacial score (nSPS) is 18.8. The molecule has 5 unspecified atom stereocenters. The Labute approximate surface area is 830 Å². The highest BCUT2D eigenvalue weighted by Crippen LogP contribution is 2.39. The standard InChI is InChI=1S/2C18H22N4O2.2C18H21N3O3.C17H18N2O4.C17H20N2O3.C2H6/c2*1-10(2)19-13-6-5-7-14-16(13)18(24)22(12(4)21-14)15-9-8-11(3)20-17(15)23;2*1-10(2)24-15-7-5-6-13-16(15)18(23)21(12(4)20-13)14-9-8-11(3)19-17(14)22;1-9(2)23-13-6-4-5-11-14(13)17(22)19(16(11)21)12-8-7-10(3)18-15(12)20;1-10(2)22-15-6-4-5-12-13(15)9-19(17(12)21)14-8-7-11(3)18-16(14)20;1-2/h2*5-7,10,15,19H,3,8-9H2,1-2,4H3,(H,20,23);2*5-7,10,14H,3,8-9H2,1-2,4H3,(H,19,22);4-6,9,12H,3,7-8H2,1-2H3,(H,18,20);4-6,10,14H,3,7-9H2,1-2H3,(H,18,20);1-2H3/t;;;;;14-;/m.....1./s1. The van der Waals surface area contributed by atoms with Crippen LogP contribution in [0.4, 0.5) is 11.4 Å². The molecule has 4 aromatic heterocycles. The third-order valence-electron chi connectivity index (χ3n) is 24.4. The van der Waals surface area contributed by atoms with Crippen molar-refractivity contribution >= 4 is 108 Å². The van der Waals surface area contributed by atoms with E-state index < -0.39 is 48.1 Å². The Morgan fingerprint density at radius 1 is 0.315 bits per heavy atom. The molecule has 8 aliphatic heterocycles. The quantitative estimate of drug-likeness (QED) is 0.0370. The summed E-state index contributed by atoms with van der Waals surface area (Å²) >= 11 is 0. The van der Waals surface area contributed by atoms with E-state index in [2.05, 4.69) is 102 Å². The van der Waals surface area contributed by atoms with Gasteiger partial charge in [0.2, 0.25) is 35.4 Å². The Hall–Kier alpha value is -15.5. The molecule has 0 radical (unpaired) electrons. The zero-order valence-electron chi connectivity index (χ0n) is 84.7. The van der Waals surface area contributed by atoms with Crippen molar-refractivity contribution in [3.05, 3.63) is 270 Å². The predicted octanol–water partition coefficient (Wildman–Crippen LogP) is 15.0. The Kier molecular flexibility index (Phi) is 34.1. The van der Waals surface area contributed by atoms with Crippen LogP contribution in [0.3, 0.4) is 0 Å². The van der Waals surface area contributed by atoms with E-state index in [1.54, 1.807) is 81.1 Å². The van der Waals surface area contributed by atoms with Gasteiger partial charge in [-0.3, -0.25) is 85.5 Å². The molecule has 35 heteroatoms. The van der Waals surface area contributed by atoms with Gasteiger partial charge in [0.1, 0.15) is 93.3 Å². The number of aryl methyl sites for hydroxylation is 4. The fraction of sp³-hybridized carbons (Fsp3) is 0.398. The first-order valence-electron chi connectivity index (χ1n) is 48.5. The molecule has 6 saturated heterocycles. The lowest BCUT2D eigenvalue weighted by atomic mass is 10.0. The van der Waals surface area contributed by atoms with Crippen LogP contribution in [0, 0.1) is 27.7 Å². The number of aromatic nitrogens is 8. The number of carbonyl (C=O) groups excluding carboxylic acids is 9. The lowest BCUT2D eigenvalue weighted by Gasteiger charge is -2.31. The van der Waals surface area contributed by atoms with Gasteiger partial charge >= 0.3 is 0 Å². The molecule has 0 bridgehead atoms. The Morgan fingerprint density at radius 3 is 0.902 bits per heavy atom. The Bertz CT molecular complexity index is 6450. The summed E-state index contributed by atoms with van der Waals surface area (Å²) in [5.41, 5.74) is 9.15. The maximum atomic E-state index is 13.2. The summed E-state index contributed by atoms with van der Waals surface area (Å²) in [6, 6.07) is 29.1. The van der Waals surface area contributed by atoms with Crippen LogP contribution in [-0.4, -0.2) is 150 Å². The minimum atomic E-state index is -0.806. The topological polar surface area (TPSA) is 433 Å². The summed E-state index contributed by atoms with van der Waals surface area (Å²) in [6.45, 7) is 57.3. The second kappa shape index (κ2) is 45.9. The average Bonchev–Trinajstić information content (AvgIpc) is 1.56. The van der Waals surface area contributed by atoms with Gasteiger partial charge in [0.15, 0.2) is 0 Å². The van der Waals surface area contributed by atoms with E-state index in [0.717, 1.165) is 27.6 Å². The summed E-state index contributed by atoms with van der Waals surface area (Å²) in [4.78, 5) is 185. The van der Waals surface area contributed by atoms with E-state index in [4.69, 9.17) is 18.9 Å². The molecule has 8 aliphatic rings. The summed E-state index contributed by atoms with van der Waals surface area (Å²) < 4.78 is 28.9. The molecule has 0 saturated carbocycles. The van der Waals surface area contributed by atoms with Crippen molar-refractivity contribution in [3.8, 4) is 23.0 Å². The maximum Gasteiger partial charge on any atom is 0.266 e. The number of fused-ring (bicyclic) bond motifs is 6. The molecule has 10 aromatic rings. The number of imide groups is 1. The van der Waals surface area contributed by atoms with Gasteiger partial charge in [0.25, 0.3) is 40.0 Å². The van der Waals surface area contributed by atoms with E-state index >= 15 is 0 Å². The van der Waals surface area contributed by atoms with Gasteiger partial charge in [0, 0.05) is 68.8 Å². The molecule has 754 valence electrons. The van der Waals surface area contributed by atoms with E-state index in [1.165, 1.54) is 18.3 Å². The van der Waals surface area contributed by atoms with E-state index in [9.17, 15) is 62.3 Å². The van der Waals surface area contributed by atoms with Crippen LogP contribution in [-0.2, 0) is 35.3 Å². The van der Waals surface area contributed by atoms with Crippen molar-refractivity contribution in [1.82, 2.24) is 79.9 Å². The zero-order valence-corrected chi connectivity index (χ0v) is 84.7. The van der Waals surface area contributed by atoms with Crippen molar-refractivity contribution in [2.45, 2.75) is 281 Å². The molecule has 6 fully saturated rings. The van der Waals surface area contributed by atoms with Crippen molar-refractivity contribution in [3.63, 3.8) is 0 Å². The number of hydrogen-bond acceptors (Lipinski definition) is 23. The molecule has 0 spiro atoms. The monoisotopic (exact) mass is 1950 g/mol. The zero-order chi connectivity index (χ0) is 104. The first-order chi connectivity index (χ1) is 67.9. The van der Waals surface area contributed by atoms with Gasteiger partial charge in [-0.15, -0.1) is 0 Å². The number of nitrogens with zero attached hydrogens (tertiary/aromatic N) is 10. The second-order valence-electron chi connectivity index (χ2n) is 37.6. The molecule has 6 aromatic carbocycles. The molecule has 35 nitrogen and oxygen atoms in total. The molecule has 143 heavy (non-hydrogen) atoms. The average molecular weight is 1950 g/mol. The van der Waals surface area contributed by atoms with Crippen LogP contribution in [0.1, 0.15) is 258 Å². The maximum absolute atomic E-state index is 13.2. The number of allylic oxidation sites excluding steroid dienone is 6. The van der Waals surface area contributed by atoms with Crippen LogP contribution in [0.2, 0.25) is 0 Å². The summed E-state index contributed by atoms with van der Waals surface area (Å²) in [6.07, 6.45) is 6.81. The van der Waals surface area contributed by atoms with Crippen molar-refractivity contribution in [1.29, 1.82) is 0 Å². The smallest absolute Gasteiger partial charge is 0.266 e. The van der Waals surface area contributed by atoms with Crippen LogP contribution in [0.15, 0.2) is 202 Å². The molecule has 9 amide bonds. The minimum absolute atomic E-state index is 0.0388. The van der Waals surface area contributed by atoms with Crippen LogP contribution in [0.25, 0.3) is 43.6 Å². The number of piperidine rings is 6. The Balaban J connectivity index is 0.000000153. The molecule has 6 atom stereocenters. The van der Waals surface area contributed by atoms with Crippen LogP contribution in [0.5, 0.6) is 23.0 Å². The summed E-state index contributed by atoms with van der Waals surface area (Å²) in [7, 11) is 0. The number of ether oxygens (including phenoxy) is 4. The predicted molar refractivity (Wildman–Crippen MR) is 551 cm³/mol. The first kappa shape index (κ1) is 106. The van der Waals surface area contributed by atoms with Crippen molar-refractivity contribution in [2.24, 2.45) is 0 Å². The van der Waals surface area contributed by atoms with Gasteiger partial charge in [-0.1, -0.05) is 89.7 Å². The van der Waals surface area contributed by atoms with Crippen LogP contribution >= 0.6 is 0 Å². The highest BCUT2D eigenvalue weighted by atomic mass is 16.5. The third-order valence-corrected chi connectivity index (χ3v) is 24.4. The van der Waals surface area contributed by atoms with Gasteiger partial charge in [0.05, 0.1) is 74.9 Å². The largest absolute Gasteiger partial charge is 0.491 e. The lowest BCUT2D eigenvalue weighted by Crippen LogP contribution is -2.51. The Morgan fingerprint density at radius 2 is 0.580 bits per heavy atom. The molecule has 12 heterocycles. The molecular formula is C108H130N18O17. The molecule has 0 aliphatic carbocycles. The van der Waals surface area contributed by atoms with Crippen LogP contribution < -0.4 is 83.7 Å².